The van der Waals surface area contributed by atoms with Crippen LogP contribution in [0.4, 0.5) is 0 Å². The zero-order chi connectivity index (χ0) is 15.2. The molecule has 0 spiro atoms. The van der Waals surface area contributed by atoms with E-state index in [0.29, 0.717) is 18.1 Å². The molecular weight excluding hydrogens is 256 g/mol. The number of nitrogens with one attached hydrogen (secondary N) is 1. The molecule has 21 heavy (non-hydrogen) atoms. The molecule has 3 unspecified atom stereocenters. The Balaban J connectivity index is 2.14. The van der Waals surface area contributed by atoms with Crippen molar-refractivity contribution < 1.29 is 0 Å². The third-order valence-corrected chi connectivity index (χ3v) is 4.97. The first-order valence-electron chi connectivity index (χ1n) is 8.68. The summed E-state index contributed by atoms with van der Waals surface area (Å²) in [5, 5.41) is 3.77. The average molecular weight is 288 g/mol. The molecule has 0 amide bonds. The first kappa shape index (κ1) is 16.5. The standard InChI is InChI=1S/C19H32N2/c1-5-13-20-19(18-12-7-6-9-15(18)2)14-21-16(3)10-8-11-17(21)4/h6-7,9,12,16-17,19-20H,5,8,10-11,13-14H2,1-4H3. The van der Waals surface area contributed by atoms with Gasteiger partial charge >= 0.3 is 0 Å². The van der Waals surface area contributed by atoms with Crippen LogP contribution in [0.5, 0.6) is 0 Å². The first-order valence-corrected chi connectivity index (χ1v) is 8.68. The van der Waals surface area contributed by atoms with Crippen LogP contribution in [0.3, 0.4) is 0 Å². The number of benzene rings is 1. The minimum Gasteiger partial charge on any atom is -0.309 e. The smallest absolute Gasteiger partial charge is 0.0452 e. The van der Waals surface area contributed by atoms with Gasteiger partial charge in [-0.05, 0) is 57.7 Å². The van der Waals surface area contributed by atoms with Crippen LogP contribution in [-0.2, 0) is 0 Å². The highest BCUT2D eigenvalue weighted by atomic mass is 15.2. The third-order valence-electron chi connectivity index (χ3n) is 4.97. The molecule has 118 valence electrons. The Kier molecular flexibility index (Phi) is 6.25. The van der Waals surface area contributed by atoms with E-state index in [1.165, 1.54) is 36.8 Å². The second kappa shape index (κ2) is 7.95. The van der Waals surface area contributed by atoms with E-state index >= 15 is 0 Å². The van der Waals surface area contributed by atoms with Gasteiger partial charge in [-0.2, -0.15) is 0 Å². The summed E-state index contributed by atoms with van der Waals surface area (Å²) in [6, 6.07) is 10.7. The van der Waals surface area contributed by atoms with Crippen molar-refractivity contribution in [3.63, 3.8) is 0 Å². The van der Waals surface area contributed by atoms with Gasteiger partial charge in [0.05, 0.1) is 0 Å². The molecule has 1 aromatic carbocycles. The summed E-state index contributed by atoms with van der Waals surface area (Å²) in [7, 11) is 0. The Morgan fingerprint density at radius 1 is 1.19 bits per heavy atom. The molecule has 3 atom stereocenters. The lowest BCUT2D eigenvalue weighted by atomic mass is 9.94. The fraction of sp³-hybridized carbons (Fsp3) is 0.684. The molecule has 1 heterocycles. The molecule has 2 rings (SSSR count). The van der Waals surface area contributed by atoms with Crippen molar-refractivity contribution >= 4 is 0 Å². The van der Waals surface area contributed by atoms with E-state index in [-0.39, 0.29) is 0 Å². The monoisotopic (exact) mass is 288 g/mol. The Morgan fingerprint density at radius 3 is 2.48 bits per heavy atom. The van der Waals surface area contributed by atoms with Crippen LogP contribution >= 0.6 is 0 Å². The van der Waals surface area contributed by atoms with Crippen molar-refractivity contribution in [2.24, 2.45) is 0 Å². The molecule has 0 bridgehead atoms. The van der Waals surface area contributed by atoms with Gasteiger partial charge in [0.15, 0.2) is 0 Å². The van der Waals surface area contributed by atoms with Crippen molar-refractivity contribution in [1.29, 1.82) is 0 Å². The number of aryl methyl sites for hydroxylation is 1. The summed E-state index contributed by atoms with van der Waals surface area (Å²) in [6.45, 7) is 11.5. The Morgan fingerprint density at radius 2 is 1.86 bits per heavy atom. The second-order valence-corrected chi connectivity index (χ2v) is 6.69. The maximum Gasteiger partial charge on any atom is 0.0452 e. The summed E-state index contributed by atoms with van der Waals surface area (Å²) < 4.78 is 0. The summed E-state index contributed by atoms with van der Waals surface area (Å²) in [5.74, 6) is 0. The molecule has 2 nitrogen and oxygen atoms in total. The van der Waals surface area contributed by atoms with Crippen LogP contribution < -0.4 is 5.32 Å². The number of likely N-dealkylation sites (tertiary alicyclic amines) is 1. The lowest BCUT2D eigenvalue weighted by Gasteiger charge is -2.41. The molecule has 0 aliphatic carbocycles. The van der Waals surface area contributed by atoms with E-state index in [4.69, 9.17) is 0 Å². The van der Waals surface area contributed by atoms with E-state index in [1.54, 1.807) is 0 Å². The van der Waals surface area contributed by atoms with Crippen molar-refractivity contribution in [3.8, 4) is 0 Å². The van der Waals surface area contributed by atoms with Gasteiger partial charge in [-0.15, -0.1) is 0 Å². The zero-order valence-electron chi connectivity index (χ0n) is 14.2. The van der Waals surface area contributed by atoms with E-state index in [2.05, 4.69) is 62.2 Å². The highest BCUT2D eigenvalue weighted by Gasteiger charge is 2.27. The number of hydrogen-bond acceptors (Lipinski definition) is 2. The van der Waals surface area contributed by atoms with E-state index < -0.39 is 0 Å². The van der Waals surface area contributed by atoms with E-state index in [9.17, 15) is 0 Å². The van der Waals surface area contributed by atoms with Crippen molar-refractivity contribution in [1.82, 2.24) is 10.2 Å². The van der Waals surface area contributed by atoms with Gasteiger partial charge in [0, 0.05) is 24.7 Å². The van der Waals surface area contributed by atoms with Gasteiger partial charge in [0.1, 0.15) is 0 Å². The number of rotatable bonds is 6. The van der Waals surface area contributed by atoms with Crippen molar-refractivity contribution in [2.75, 3.05) is 13.1 Å². The van der Waals surface area contributed by atoms with Gasteiger partial charge in [-0.25, -0.2) is 0 Å². The molecule has 1 saturated heterocycles. The molecule has 1 N–H and O–H groups in total. The van der Waals surface area contributed by atoms with Crippen molar-refractivity contribution in [2.45, 2.75) is 71.5 Å². The molecule has 1 aliphatic rings. The lowest BCUT2D eigenvalue weighted by Crippen LogP contribution is -2.47. The molecule has 1 fully saturated rings. The fourth-order valence-electron chi connectivity index (χ4n) is 3.61. The van der Waals surface area contributed by atoms with Crippen LogP contribution in [0.1, 0.15) is 63.6 Å². The summed E-state index contributed by atoms with van der Waals surface area (Å²) in [6.07, 6.45) is 5.26. The maximum absolute atomic E-state index is 3.77. The first-order chi connectivity index (χ1) is 10.1. The lowest BCUT2D eigenvalue weighted by molar-refractivity contribution is 0.0907. The Bertz CT molecular complexity index is 419. The fourth-order valence-corrected chi connectivity index (χ4v) is 3.61. The van der Waals surface area contributed by atoms with Gasteiger partial charge < -0.3 is 5.32 Å². The largest absolute Gasteiger partial charge is 0.309 e. The molecule has 0 saturated carbocycles. The molecular formula is C19H32N2. The highest BCUT2D eigenvalue weighted by Crippen LogP contribution is 2.26. The normalized spacial score (nSPS) is 25.0. The number of hydrogen-bond donors (Lipinski definition) is 1. The minimum atomic E-state index is 0.453. The second-order valence-electron chi connectivity index (χ2n) is 6.69. The summed E-state index contributed by atoms with van der Waals surface area (Å²) in [5.41, 5.74) is 2.87. The summed E-state index contributed by atoms with van der Waals surface area (Å²) in [4.78, 5) is 2.71. The predicted molar refractivity (Wildman–Crippen MR) is 91.7 cm³/mol. The average Bonchev–Trinajstić information content (AvgIpc) is 2.47. The van der Waals surface area contributed by atoms with Gasteiger partial charge in [0.25, 0.3) is 0 Å². The SMILES string of the molecule is CCCNC(CN1C(C)CCCC1C)c1ccccc1C. The number of nitrogens with zero attached hydrogens (tertiary/aromatic N) is 1. The Hall–Kier alpha value is -0.860. The predicted octanol–water partition coefficient (Wildman–Crippen LogP) is 4.30. The van der Waals surface area contributed by atoms with Crippen LogP contribution in [0.15, 0.2) is 24.3 Å². The highest BCUT2D eigenvalue weighted by molar-refractivity contribution is 5.29. The molecule has 2 heteroatoms. The van der Waals surface area contributed by atoms with E-state index in [0.717, 1.165) is 13.1 Å². The molecule has 0 aromatic heterocycles. The third kappa shape index (κ3) is 4.31. The maximum atomic E-state index is 3.77. The van der Waals surface area contributed by atoms with Crippen molar-refractivity contribution in [3.05, 3.63) is 35.4 Å². The Labute approximate surface area is 130 Å². The van der Waals surface area contributed by atoms with Gasteiger partial charge in [-0.3, -0.25) is 4.90 Å². The van der Waals surface area contributed by atoms with Gasteiger partial charge in [-0.1, -0.05) is 37.6 Å². The van der Waals surface area contributed by atoms with Gasteiger partial charge in [0.2, 0.25) is 0 Å². The van der Waals surface area contributed by atoms with Crippen LogP contribution in [0.2, 0.25) is 0 Å². The molecule has 0 radical (unpaired) electrons. The summed E-state index contributed by atoms with van der Waals surface area (Å²) >= 11 is 0. The quantitative estimate of drug-likeness (QED) is 0.839. The van der Waals surface area contributed by atoms with Crippen LogP contribution in [0.25, 0.3) is 0 Å². The van der Waals surface area contributed by atoms with E-state index in [1.807, 2.05) is 0 Å². The van der Waals surface area contributed by atoms with Crippen LogP contribution in [-0.4, -0.2) is 30.1 Å². The molecule has 1 aromatic rings. The van der Waals surface area contributed by atoms with Crippen LogP contribution in [0, 0.1) is 6.92 Å². The number of piperidine rings is 1. The topological polar surface area (TPSA) is 15.3 Å². The zero-order valence-corrected chi connectivity index (χ0v) is 14.2. The minimum absolute atomic E-state index is 0.453. The molecule has 1 aliphatic heterocycles.